The summed E-state index contributed by atoms with van der Waals surface area (Å²) in [5.74, 6) is -0.0569. The molecule has 2 rings (SSSR count). The zero-order chi connectivity index (χ0) is 15.4. The SMILES string of the molecule is COC(=O)c1cccc(NC(=O)c2n[nH]c(C(C)C)n2)c1. The lowest BCUT2D eigenvalue weighted by Crippen LogP contribution is -2.14. The molecule has 0 saturated carbocycles. The Morgan fingerprint density at radius 1 is 1.33 bits per heavy atom. The molecule has 0 bridgehead atoms. The maximum atomic E-state index is 12.0. The summed E-state index contributed by atoms with van der Waals surface area (Å²) < 4.78 is 4.63. The normalized spacial score (nSPS) is 10.5. The largest absolute Gasteiger partial charge is 0.465 e. The molecule has 0 spiro atoms. The number of anilines is 1. The van der Waals surface area contributed by atoms with Crippen molar-refractivity contribution in [1.29, 1.82) is 0 Å². The van der Waals surface area contributed by atoms with Crippen LogP contribution in [0, 0.1) is 0 Å². The summed E-state index contributed by atoms with van der Waals surface area (Å²) in [6, 6.07) is 6.45. The number of rotatable bonds is 4. The molecule has 2 N–H and O–H groups in total. The summed E-state index contributed by atoms with van der Waals surface area (Å²) in [5, 5.41) is 9.22. The number of benzene rings is 1. The third-order valence-corrected chi connectivity index (χ3v) is 2.79. The van der Waals surface area contributed by atoms with Crippen LogP contribution in [-0.2, 0) is 4.74 Å². The molecule has 1 aromatic carbocycles. The van der Waals surface area contributed by atoms with Gasteiger partial charge in [-0.05, 0) is 18.2 Å². The van der Waals surface area contributed by atoms with Gasteiger partial charge >= 0.3 is 5.97 Å². The summed E-state index contributed by atoms with van der Waals surface area (Å²) in [6.45, 7) is 3.89. The van der Waals surface area contributed by atoms with Gasteiger partial charge in [-0.3, -0.25) is 9.89 Å². The highest BCUT2D eigenvalue weighted by molar-refractivity contribution is 6.02. The summed E-state index contributed by atoms with van der Waals surface area (Å²) in [6.07, 6.45) is 0. The first-order chi connectivity index (χ1) is 10.0. The number of ether oxygens (including phenoxy) is 1. The molecule has 1 aromatic heterocycles. The van der Waals surface area contributed by atoms with Crippen LogP contribution >= 0.6 is 0 Å². The van der Waals surface area contributed by atoms with Crippen molar-refractivity contribution in [2.45, 2.75) is 19.8 Å². The Morgan fingerprint density at radius 2 is 2.10 bits per heavy atom. The van der Waals surface area contributed by atoms with Gasteiger partial charge in [-0.15, -0.1) is 5.10 Å². The molecule has 7 nitrogen and oxygen atoms in total. The van der Waals surface area contributed by atoms with Crippen LogP contribution in [0.25, 0.3) is 0 Å². The fraction of sp³-hybridized carbons (Fsp3) is 0.286. The number of H-pyrrole nitrogens is 1. The van der Waals surface area contributed by atoms with E-state index in [1.54, 1.807) is 18.2 Å². The number of carbonyl (C=O) groups excluding carboxylic acids is 2. The van der Waals surface area contributed by atoms with Gasteiger partial charge in [0.1, 0.15) is 5.82 Å². The van der Waals surface area contributed by atoms with Gasteiger partial charge in [0.25, 0.3) is 5.91 Å². The van der Waals surface area contributed by atoms with Crippen LogP contribution < -0.4 is 5.32 Å². The van der Waals surface area contributed by atoms with Crippen LogP contribution in [-0.4, -0.2) is 34.2 Å². The Labute approximate surface area is 121 Å². The van der Waals surface area contributed by atoms with E-state index < -0.39 is 11.9 Å². The molecule has 1 amide bonds. The Kier molecular flexibility index (Phi) is 4.32. The number of nitrogens with zero attached hydrogens (tertiary/aromatic N) is 2. The van der Waals surface area contributed by atoms with Gasteiger partial charge in [-0.25, -0.2) is 9.78 Å². The minimum atomic E-state index is -0.467. The Balaban J connectivity index is 2.13. The maximum Gasteiger partial charge on any atom is 0.337 e. The maximum absolute atomic E-state index is 12.0. The van der Waals surface area contributed by atoms with Gasteiger partial charge in [-0.1, -0.05) is 19.9 Å². The lowest BCUT2D eigenvalue weighted by atomic mass is 10.2. The van der Waals surface area contributed by atoms with Crippen LogP contribution in [0.15, 0.2) is 24.3 Å². The van der Waals surface area contributed by atoms with Gasteiger partial charge in [0.05, 0.1) is 12.7 Å². The molecular weight excluding hydrogens is 272 g/mol. The number of hydrogen-bond donors (Lipinski definition) is 2. The first-order valence-electron chi connectivity index (χ1n) is 6.43. The topological polar surface area (TPSA) is 97.0 Å². The molecule has 0 fully saturated rings. The second-order valence-electron chi connectivity index (χ2n) is 4.73. The molecular formula is C14H16N4O3. The van der Waals surface area contributed by atoms with Gasteiger partial charge in [-0.2, -0.15) is 0 Å². The quantitative estimate of drug-likeness (QED) is 0.838. The number of aromatic amines is 1. The van der Waals surface area contributed by atoms with Crippen molar-refractivity contribution in [3.8, 4) is 0 Å². The lowest BCUT2D eigenvalue weighted by Gasteiger charge is -2.04. The molecule has 7 heteroatoms. The molecule has 0 aliphatic carbocycles. The summed E-state index contributed by atoms with van der Waals surface area (Å²) in [7, 11) is 1.30. The van der Waals surface area contributed by atoms with Gasteiger partial charge < -0.3 is 10.1 Å². The highest BCUT2D eigenvalue weighted by atomic mass is 16.5. The molecule has 0 aliphatic rings. The van der Waals surface area contributed by atoms with Crippen LogP contribution in [0.2, 0.25) is 0 Å². The second kappa shape index (κ2) is 6.17. The highest BCUT2D eigenvalue weighted by Crippen LogP contribution is 2.13. The van der Waals surface area contributed by atoms with E-state index in [0.717, 1.165) is 0 Å². The van der Waals surface area contributed by atoms with Crippen molar-refractivity contribution in [3.63, 3.8) is 0 Å². The van der Waals surface area contributed by atoms with E-state index in [4.69, 9.17) is 0 Å². The average Bonchev–Trinajstić information content (AvgIpc) is 2.97. The first kappa shape index (κ1) is 14.7. The Morgan fingerprint density at radius 3 is 2.71 bits per heavy atom. The highest BCUT2D eigenvalue weighted by Gasteiger charge is 2.15. The summed E-state index contributed by atoms with van der Waals surface area (Å²) in [5.41, 5.74) is 0.826. The fourth-order valence-corrected chi connectivity index (χ4v) is 1.66. The predicted octanol–water partition coefficient (Wildman–Crippen LogP) is 1.97. The number of amides is 1. The molecule has 21 heavy (non-hydrogen) atoms. The van der Waals surface area contributed by atoms with Crippen molar-refractivity contribution >= 4 is 17.6 Å². The van der Waals surface area contributed by atoms with Crippen LogP contribution in [0.1, 0.15) is 46.6 Å². The van der Waals surface area contributed by atoms with Gasteiger partial charge in [0, 0.05) is 11.6 Å². The number of esters is 1. The van der Waals surface area contributed by atoms with Gasteiger partial charge in [0.2, 0.25) is 5.82 Å². The fourth-order valence-electron chi connectivity index (χ4n) is 1.66. The van der Waals surface area contributed by atoms with Crippen LogP contribution in [0.4, 0.5) is 5.69 Å². The molecule has 0 radical (unpaired) electrons. The molecule has 110 valence electrons. The molecule has 0 unspecified atom stereocenters. The number of aromatic nitrogens is 3. The summed E-state index contributed by atoms with van der Waals surface area (Å²) >= 11 is 0. The standard InChI is InChI=1S/C14H16N4O3/c1-8(2)11-16-12(18-17-11)13(19)15-10-6-4-5-9(7-10)14(20)21-3/h4-8H,1-3H3,(H,15,19)(H,16,17,18). The van der Waals surface area contributed by atoms with E-state index in [0.29, 0.717) is 17.1 Å². The van der Waals surface area contributed by atoms with Gasteiger partial charge in [0.15, 0.2) is 0 Å². The molecule has 0 aliphatic heterocycles. The molecule has 1 heterocycles. The zero-order valence-corrected chi connectivity index (χ0v) is 12.0. The van der Waals surface area contributed by atoms with E-state index in [9.17, 15) is 9.59 Å². The average molecular weight is 288 g/mol. The van der Waals surface area contributed by atoms with Crippen LogP contribution in [0.5, 0.6) is 0 Å². The van der Waals surface area contributed by atoms with Crippen molar-refractivity contribution in [2.75, 3.05) is 12.4 Å². The van der Waals surface area contributed by atoms with Crippen LogP contribution in [0.3, 0.4) is 0 Å². The molecule has 0 saturated heterocycles. The minimum absolute atomic E-state index is 0.0576. The van der Waals surface area contributed by atoms with E-state index in [-0.39, 0.29) is 11.7 Å². The third-order valence-electron chi connectivity index (χ3n) is 2.79. The molecule has 2 aromatic rings. The monoisotopic (exact) mass is 288 g/mol. The zero-order valence-electron chi connectivity index (χ0n) is 12.0. The Bertz CT molecular complexity index is 664. The number of carbonyl (C=O) groups is 2. The van der Waals surface area contributed by atoms with E-state index in [2.05, 4.69) is 25.2 Å². The van der Waals surface area contributed by atoms with Crippen molar-refractivity contribution in [1.82, 2.24) is 15.2 Å². The van der Waals surface area contributed by atoms with Crippen molar-refractivity contribution in [3.05, 3.63) is 41.5 Å². The number of hydrogen-bond acceptors (Lipinski definition) is 5. The minimum Gasteiger partial charge on any atom is -0.465 e. The second-order valence-corrected chi connectivity index (χ2v) is 4.73. The number of methoxy groups -OCH3 is 1. The smallest absolute Gasteiger partial charge is 0.337 e. The lowest BCUT2D eigenvalue weighted by molar-refractivity contribution is 0.0600. The van der Waals surface area contributed by atoms with E-state index in [1.165, 1.54) is 13.2 Å². The number of nitrogens with one attached hydrogen (secondary N) is 2. The predicted molar refractivity (Wildman–Crippen MR) is 76.2 cm³/mol. The third kappa shape index (κ3) is 3.44. The Hall–Kier alpha value is -2.70. The van der Waals surface area contributed by atoms with E-state index >= 15 is 0 Å². The van der Waals surface area contributed by atoms with E-state index in [1.807, 2.05) is 13.8 Å². The molecule has 0 atom stereocenters. The first-order valence-corrected chi connectivity index (χ1v) is 6.43. The summed E-state index contributed by atoms with van der Waals surface area (Å²) in [4.78, 5) is 27.6. The van der Waals surface area contributed by atoms with Crippen molar-refractivity contribution in [2.24, 2.45) is 0 Å². The van der Waals surface area contributed by atoms with Crippen molar-refractivity contribution < 1.29 is 14.3 Å².